The zero-order valence-corrected chi connectivity index (χ0v) is 13.0. The van der Waals surface area contributed by atoms with Crippen LogP contribution in [0.15, 0.2) is 35.1 Å². The predicted molar refractivity (Wildman–Crippen MR) is 78.6 cm³/mol. The smallest absolute Gasteiger partial charge is 0.123 e. The van der Waals surface area contributed by atoms with Crippen molar-refractivity contribution in [3.05, 3.63) is 52.0 Å². The highest BCUT2D eigenvalue weighted by molar-refractivity contribution is 9.10. The van der Waals surface area contributed by atoms with E-state index in [4.69, 9.17) is 0 Å². The summed E-state index contributed by atoms with van der Waals surface area (Å²) < 4.78 is 15.7. The van der Waals surface area contributed by atoms with Gasteiger partial charge in [-0.05, 0) is 30.7 Å². The zero-order chi connectivity index (χ0) is 14.8. The average Bonchev–Trinajstić information content (AvgIpc) is 2.81. The van der Waals surface area contributed by atoms with Crippen LogP contribution in [-0.2, 0) is 19.2 Å². The van der Waals surface area contributed by atoms with E-state index in [1.54, 1.807) is 37.1 Å². The SMILES string of the molecule is Cn1cc(C(C)(O)CNCc2cc(F)ccc2Br)cn1. The van der Waals surface area contributed by atoms with E-state index < -0.39 is 5.60 Å². The summed E-state index contributed by atoms with van der Waals surface area (Å²) >= 11 is 3.38. The number of aryl methyl sites for hydroxylation is 1. The van der Waals surface area contributed by atoms with Crippen molar-refractivity contribution in [2.75, 3.05) is 6.54 Å². The maximum atomic E-state index is 13.2. The molecule has 0 fully saturated rings. The fourth-order valence-corrected chi connectivity index (χ4v) is 2.31. The predicted octanol–water partition coefficient (Wildman–Crippen LogP) is 2.32. The molecule has 0 aliphatic rings. The number of benzene rings is 1. The standard InChI is InChI=1S/C14H17BrFN3O/c1-14(20,11-7-18-19(2)8-11)9-17-6-10-5-12(16)3-4-13(10)15/h3-5,7-8,17,20H,6,9H2,1-2H3. The average molecular weight is 342 g/mol. The Labute approximate surface area is 125 Å². The molecule has 1 atom stereocenters. The quantitative estimate of drug-likeness (QED) is 0.877. The first kappa shape index (κ1) is 15.2. The summed E-state index contributed by atoms with van der Waals surface area (Å²) in [7, 11) is 1.80. The van der Waals surface area contributed by atoms with Gasteiger partial charge < -0.3 is 10.4 Å². The number of nitrogens with zero attached hydrogens (tertiary/aromatic N) is 2. The van der Waals surface area contributed by atoms with Crippen LogP contribution in [-0.4, -0.2) is 21.4 Å². The van der Waals surface area contributed by atoms with Crippen molar-refractivity contribution < 1.29 is 9.50 Å². The van der Waals surface area contributed by atoms with E-state index >= 15 is 0 Å². The van der Waals surface area contributed by atoms with Crippen molar-refractivity contribution >= 4 is 15.9 Å². The lowest BCUT2D eigenvalue weighted by Gasteiger charge is -2.22. The fraction of sp³-hybridized carbons (Fsp3) is 0.357. The maximum Gasteiger partial charge on any atom is 0.123 e. The Hall–Kier alpha value is -1.24. The molecule has 6 heteroatoms. The summed E-state index contributed by atoms with van der Waals surface area (Å²) in [5.74, 6) is -0.274. The van der Waals surface area contributed by atoms with Gasteiger partial charge in [0.1, 0.15) is 11.4 Å². The van der Waals surface area contributed by atoms with Gasteiger partial charge in [-0.25, -0.2) is 4.39 Å². The molecule has 2 aromatic rings. The van der Waals surface area contributed by atoms with Crippen molar-refractivity contribution in [1.29, 1.82) is 0 Å². The topological polar surface area (TPSA) is 50.1 Å². The molecule has 1 unspecified atom stereocenters. The third-order valence-electron chi connectivity index (χ3n) is 3.12. The molecule has 2 rings (SSSR count). The van der Waals surface area contributed by atoms with Gasteiger partial charge in [0.2, 0.25) is 0 Å². The molecule has 4 nitrogen and oxygen atoms in total. The zero-order valence-electron chi connectivity index (χ0n) is 11.4. The van der Waals surface area contributed by atoms with Gasteiger partial charge >= 0.3 is 0 Å². The van der Waals surface area contributed by atoms with Crippen LogP contribution in [0.25, 0.3) is 0 Å². The van der Waals surface area contributed by atoms with Crippen molar-refractivity contribution in [2.45, 2.75) is 19.1 Å². The third kappa shape index (κ3) is 3.65. The number of aromatic nitrogens is 2. The lowest BCUT2D eigenvalue weighted by atomic mass is 9.99. The Morgan fingerprint density at radius 1 is 1.50 bits per heavy atom. The van der Waals surface area contributed by atoms with Crippen molar-refractivity contribution in [2.24, 2.45) is 7.05 Å². The second kappa shape index (κ2) is 6.03. The van der Waals surface area contributed by atoms with E-state index in [0.29, 0.717) is 13.1 Å². The van der Waals surface area contributed by atoms with Gasteiger partial charge in [-0.3, -0.25) is 4.68 Å². The number of nitrogens with one attached hydrogen (secondary N) is 1. The summed E-state index contributed by atoms with van der Waals surface area (Å²) in [5, 5.41) is 17.6. The number of hydrogen-bond acceptors (Lipinski definition) is 3. The molecule has 0 aliphatic carbocycles. The Morgan fingerprint density at radius 3 is 2.90 bits per heavy atom. The molecule has 0 saturated carbocycles. The second-order valence-corrected chi connectivity index (χ2v) is 5.87. The van der Waals surface area contributed by atoms with E-state index in [1.165, 1.54) is 12.1 Å². The molecule has 2 N–H and O–H groups in total. The van der Waals surface area contributed by atoms with Gasteiger partial charge in [-0.1, -0.05) is 15.9 Å². The highest BCUT2D eigenvalue weighted by Gasteiger charge is 2.24. The van der Waals surface area contributed by atoms with Gasteiger partial charge in [0.15, 0.2) is 0 Å². The van der Waals surface area contributed by atoms with Gasteiger partial charge in [0.05, 0.1) is 6.20 Å². The molecule has 0 aliphatic heterocycles. The Morgan fingerprint density at radius 2 is 2.25 bits per heavy atom. The van der Waals surface area contributed by atoms with E-state index in [-0.39, 0.29) is 5.82 Å². The Balaban J connectivity index is 1.97. The van der Waals surface area contributed by atoms with Gasteiger partial charge in [0.25, 0.3) is 0 Å². The number of aliphatic hydroxyl groups is 1. The number of rotatable bonds is 5. The monoisotopic (exact) mass is 341 g/mol. The van der Waals surface area contributed by atoms with Crippen LogP contribution in [0.1, 0.15) is 18.1 Å². The molecule has 0 bridgehead atoms. The van der Waals surface area contributed by atoms with Crippen molar-refractivity contribution in [3.8, 4) is 0 Å². The second-order valence-electron chi connectivity index (χ2n) is 5.02. The first-order chi connectivity index (χ1) is 9.38. The molecule has 1 aromatic carbocycles. The van der Waals surface area contributed by atoms with Gasteiger partial charge in [-0.2, -0.15) is 5.10 Å². The summed E-state index contributed by atoms with van der Waals surface area (Å²) in [6.07, 6.45) is 3.42. The van der Waals surface area contributed by atoms with Crippen LogP contribution in [0.2, 0.25) is 0 Å². The molecule has 0 spiro atoms. The molecule has 0 saturated heterocycles. The molecule has 0 radical (unpaired) electrons. The van der Waals surface area contributed by atoms with Crippen molar-refractivity contribution in [3.63, 3.8) is 0 Å². The van der Waals surface area contributed by atoms with Crippen LogP contribution in [0.5, 0.6) is 0 Å². The summed E-state index contributed by atoms with van der Waals surface area (Å²) in [5.41, 5.74) is 0.534. The number of hydrogen-bond donors (Lipinski definition) is 2. The molecular formula is C14H17BrFN3O. The minimum absolute atomic E-state index is 0.274. The summed E-state index contributed by atoms with van der Waals surface area (Å²) in [4.78, 5) is 0. The van der Waals surface area contributed by atoms with E-state index in [9.17, 15) is 9.50 Å². The molecule has 108 valence electrons. The highest BCUT2D eigenvalue weighted by atomic mass is 79.9. The Bertz CT molecular complexity index is 598. The van der Waals surface area contributed by atoms with Crippen LogP contribution < -0.4 is 5.32 Å². The minimum atomic E-state index is -1.02. The van der Waals surface area contributed by atoms with E-state index in [0.717, 1.165) is 15.6 Å². The molecule has 1 aromatic heterocycles. The lowest BCUT2D eigenvalue weighted by molar-refractivity contribution is 0.0566. The Kier molecular flexibility index (Phi) is 4.57. The molecular weight excluding hydrogens is 325 g/mol. The third-order valence-corrected chi connectivity index (χ3v) is 3.89. The minimum Gasteiger partial charge on any atom is -0.384 e. The fourth-order valence-electron chi connectivity index (χ4n) is 1.92. The maximum absolute atomic E-state index is 13.2. The van der Waals surface area contributed by atoms with Crippen LogP contribution >= 0.6 is 15.9 Å². The van der Waals surface area contributed by atoms with Gasteiger partial charge in [-0.15, -0.1) is 0 Å². The van der Waals surface area contributed by atoms with Crippen LogP contribution in [0.3, 0.4) is 0 Å². The summed E-state index contributed by atoms with van der Waals surface area (Å²) in [6.45, 7) is 2.54. The van der Waals surface area contributed by atoms with Crippen LogP contribution in [0, 0.1) is 5.82 Å². The van der Waals surface area contributed by atoms with Crippen molar-refractivity contribution in [1.82, 2.24) is 15.1 Å². The first-order valence-corrected chi connectivity index (χ1v) is 7.04. The van der Waals surface area contributed by atoms with Gasteiger partial charge in [0, 0.05) is 36.4 Å². The van der Waals surface area contributed by atoms with E-state index in [1.807, 2.05) is 0 Å². The molecule has 1 heterocycles. The molecule has 20 heavy (non-hydrogen) atoms. The highest BCUT2D eigenvalue weighted by Crippen LogP contribution is 2.20. The normalized spacial score (nSPS) is 14.2. The number of halogens is 2. The lowest BCUT2D eigenvalue weighted by Crippen LogP contribution is -2.35. The van der Waals surface area contributed by atoms with Crippen LogP contribution in [0.4, 0.5) is 4.39 Å². The summed E-state index contributed by atoms with van der Waals surface area (Å²) in [6, 6.07) is 4.54. The first-order valence-electron chi connectivity index (χ1n) is 6.24. The van der Waals surface area contributed by atoms with E-state index in [2.05, 4.69) is 26.3 Å². The largest absolute Gasteiger partial charge is 0.384 e. The molecule has 0 amide bonds.